The number of hydrogen-bond donors (Lipinski definition) is 1. The average Bonchev–Trinajstić information content (AvgIpc) is 2.88. The maximum atomic E-state index is 9.70. The van der Waals surface area contributed by atoms with Gasteiger partial charge < -0.3 is 0 Å². The molecule has 0 fully saturated rings. The summed E-state index contributed by atoms with van der Waals surface area (Å²) in [4.78, 5) is 4.97. The summed E-state index contributed by atoms with van der Waals surface area (Å²) >= 11 is -2.51. The molecule has 4 nitrogen and oxygen atoms in total. The van der Waals surface area contributed by atoms with Gasteiger partial charge in [0.2, 0.25) is 0 Å². The summed E-state index contributed by atoms with van der Waals surface area (Å²) in [5.74, 6) is 0.959. The van der Waals surface area contributed by atoms with Crippen LogP contribution < -0.4 is 3.84 Å². The molecule has 0 amide bonds. The van der Waals surface area contributed by atoms with Gasteiger partial charge in [0.15, 0.2) is 0 Å². The van der Waals surface area contributed by atoms with Crippen LogP contribution in [0.15, 0.2) is 0 Å². The van der Waals surface area contributed by atoms with Crippen molar-refractivity contribution in [3.63, 3.8) is 0 Å². The molecule has 0 spiro atoms. The van der Waals surface area contributed by atoms with Crippen molar-refractivity contribution in [1.82, 2.24) is 14.8 Å². The molecule has 0 aromatic carbocycles. The van der Waals surface area contributed by atoms with E-state index in [1.165, 1.54) is 55.7 Å². The van der Waals surface area contributed by atoms with Crippen molar-refractivity contribution in [3.05, 3.63) is 5.82 Å². The number of aliphatic hydroxyl groups excluding tert-OH is 1. The Morgan fingerprint density at radius 3 is 1.87 bits per heavy atom. The zero-order chi connectivity index (χ0) is 17.3. The van der Waals surface area contributed by atoms with Crippen molar-refractivity contribution < 1.29 is 5.11 Å². The third-order valence-corrected chi connectivity index (χ3v) is 19.4. The molecule has 1 rings (SSSR count). The van der Waals surface area contributed by atoms with E-state index in [2.05, 4.69) is 20.8 Å². The van der Waals surface area contributed by atoms with Gasteiger partial charge in [0.1, 0.15) is 0 Å². The molecule has 1 aromatic rings. The number of nitrogens with zero attached hydrogens (tertiary/aromatic N) is 3. The zero-order valence-electron chi connectivity index (χ0n) is 15.9. The van der Waals surface area contributed by atoms with Gasteiger partial charge in [-0.1, -0.05) is 0 Å². The predicted molar refractivity (Wildman–Crippen MR) is 101 cm³/mol. The Bertz CT molecular complexity index is 424. The van der Waals surface area contributed by atoms with Crippen LogP contribution in [-0.2, 0) is 13.5 Å². The van der Waals surface area contributed by atoms with E-state index in [0.29, 0.717) is 6.42 Å². The second kappa shape index (κ2) is 10.7. The van der Waals surface area contributed by atoms with Crippen molar-refractivity contribution >= 4 is 22.2 Å². The number of rotatable bonds is 12. The molecule has 0 aliphatic heterocycles. The summed E-state index contributed by atoms with van der Waals surface area (Å²) in [6, 6.07) is 0. The second-order valence-corrected chi connectivity index (χ2v) is 20.0. The summed E-state index contributed by atoms with van der Waals surface area (Å²) in [6.07, 6.45) is 8.05. The van der Waals surface area contributed by atoms with Crippen LogP contribution in [0.1, 0.15) is 72.0 Å². The Balaban J connectivity index is 3.12. The van der Waals surface area contributed by atoms with Crippen LogP contribution in [0.5, 0.6) is 0 Å². The van der Waals surface area contributed by atoms with Crippen LogP contribution in [0.4, 0.5) is 0 Å². The van der Waals surface area contributed by atoms with E-state index in [0.717, 1.165) is 5.82 Å². The third kappa shape index (κ3) is 6.37. The van der Waals surface area contributed by atoms with Crippen LogP contribution >= 0.6 is 0 Å². The fraction of sp³-hybridized carbons (Fsp3) is 0.889. The maximum absolute atomic E-state index is 9.70. The molecule has 0 radical (unpaired) electrons. The normalized spacial score (nSPS) is 13.5. The number of aromatic nitrogens is 3. The van der Waals surface area contributed by atoms with Gasteiger partial charge in [-0.05, 0) is 0 Å². The SMILES string of the molecule is CCC[CH2][Sn]([CH2]CCC)([CH2]CCC)[c]1nc(CC(C)O)n(C)n1. The van der Waals surface area contributed by atoms with E-state index in [9.17, 15) is 5.11 Å². The summed E-state index contributed by atoms with van der Waals surface area (Å²) in [7, 11) is 1.99. The van der Waals surface area contributed by atoms with Crippen molar-refractivity contribution in [2.45, 2.75) is 92.1 Å². The molecular weight excluding hydrogens is 393 g/mol. The van der Waals surface area contributed by atoms with E-state index in [4.69, 9.17) is 10.1 Å². The first-order valence-electron chi connectivity index (χ1n) is 9.57. The number of hydrogen-bond acceptors (Lipinski definition) is 3. The van der Waals surface area contributed by atoms with Crippen molar-refractivity contribution in [3.8, 4) is 0 Å². The summed E-state index contributed by atoms with van der Waals surface area (Å²) < 4.78 is 7.33. The molecule has 0 saturated heterocycles. The van der Waals surface area contributed by atoms with Crippen LogP contribution in [0, 0.1) is 0 Å². The molecule has 1 atom stereocenters. The van der Waals surface area contributed by atoms with Gasteiger partial charge in [0.05, 0.1) is 0 Å². The molecule has 1 unspecified atom stereocenters. The third-order valence-electron chi connectivity index (χ3n) is 4.83. The van der Waals surface area contributed by atoms with Gasteiger partial charge in [-0.2, -0.15) is 0 Å². The quantitative estimate of drug-likeness (QED) is 0.514. The van der Waals surface area contributed by atoms with Crippen molar-refractivity contribution in [1.29, 1.82) is 0 Å². The van der Waals surface area contributed by atoms with E-state index in [1.807, 2.05) is 18.7 Å². The Morgan fingerprint density at radius 1 is 1.00 bits per heavy atom. The summed E-state index contributed by atoms with van der Waals surface area (Å²) in [6.45, 7) is 8.71. The molecule has 23 heavy (non-hydrogen) atoms. The summed E-state index contributed by atoms with van der Waals surface area (Å²) in [5, 5.41) is 14.6. The van der Waals surface area contributed by atoms with Crippen LogP contribution in [0.2, 0.25) is 13.3 Å². The number of aryl methyl sites for hydroxylation is 1. The monoisotopic (exact) mass is 431 g/mol. The molecule has 134 valence electrons. The first-order chi connectivity index (χ1) is 11.0. The number of unbranched alkanes of at least 4 members (excludes halogenated alkanes) is 3. The minimum atomic E-state index is -2.51. The van der Waals surface area contributed by atoms with E-state index in [1.54, 1.807) is 0 Å². The van der Waals surface area contributed by atoms with Crippen molar-refractivity contribution in [2.24, 2.45) is 7.05 Å². The Morgan fingerprint density at radius 2 is 1.48 bits per heavy atom. The fourth-order valence-corrected chi connectivity index (χ4v) is 18.3. The van der Waals surface area contributed by atoms with Crippen molar-refractivity contribution in [2.75, 3.05) is 0 Å². The van der Waals surface area contributed by atoms with Crippen LogP contribution in [0.25, 0.3) is 0 Å². The van der Waals surface area contributed by atoms with Gasteiger partial charge in [-0.25, -0.2) is 0 Å². The van der Waals surface area contributed by atoms with Gasteiger partial charge in [0, 0.05) is 0 Å². The molecular formula is C18H37N3OSn. The predicted octanol–water partition coefficient (Wildman–Crippen LogP) is 3.79. The standard InChI is InChI=1S/C6H10N3O.3C4H9.Sn/c1-5(10)3-6-7-4-8-9(6)2;3*1-3-4-2;/h5,10H,3H2,1-2H3;3*1,3-4H2,2H3;. The molecule has 0 aliphatic carbocycles. The van der Waals surface area contributed by atoms with Gasteiger partial charge in [-0.3, -0.25) is 0 Å². The Kier molecular flexibility index (Phi) is 9.74. The van der Waals surface area contributed by atoms with Gasteiger partial charge in [0.25, 0.3) is 0 Å². The summed E-state index contributed by atoms with van der Waals surface area (Å²) in [5.41, 5.74) is 0. The first kappa shape index (κ1) is 20.9. The molecule has 1 N–H and O–H groups in total. The molecule has 5 heteroatoms. The molecule has 1 heterocycles. The molecule has 0 saturated carbocycles. The first-order valence-corrected chi connectivity index (χ1v) is 17.1. The van der Waals surface area contributed by atoms with Gasteiger partial charge in [-0.15, -0.1) is 0 Å². The van der Waals surface area contributed by atoms with Crippen LogP contribution in [-0.4, -0.2) is 44.4 Å². The van der Waals surface area contributed by atoms with Gasteiger partial charge >= 0.3 is 147 Å². The van der Waals surface area contributed by atoms with E-state index >= 15 is 0 Å². The van der Waals surface area contributed by atoms with E-state index < -0.39 is 18.4 Å². The van der Waals surface area contributed by atoms with E-state index in [-0.39, 0.29) is 6.10 Å². The molecule has 0 bridgehead atoms. The fourth-order valence-electron chi connectivity index (χ4n) is 3.34. The van der Waals surface area contributed by atoms with Crippen LogP contribution in [0.3, 0.4) is 0 Å². The molecule has 1 aromatic heterocycles. The topological polar surface area (TPSA) is 50.9 Å². The second-order valence-electron chi connectivity index (χ2n) is 7.12. The number of aliphatic hydroxyl groups is 1. The Hall–Kier alpha value is -0.101. The zero-order valence-corrected chi connectivity index (χ0v) is 18.8. The Labute approximate surface area is 147 Å². The minimum absolute atomic E-state index is 0.350. The molecule has 0 aliphatic rings. The average molecular weight is 430 g/mol.